The van der Waals surface area contributed by atoms with Crippen LogP contribution in [0.15, 0.2) is 72.5 Å². The number of ether oxygens (including phenoxy) is 1. The van der Waals surface area contributed by atoms with Crippen molar-refractivity contribution in [3.63, 3.8) is 0 Å². The molecule has 0 spiro atoms. The van der Waals surface area contributed by atoms with E-state index in [1.165, 1.54) is 54.5 Å². The van der Waals surface area contributed by atoms with Gasteiger partial charge in [0.05, 0.1) is 48.9 Å². The van der Waals surface area contributed by atoms with Gasteiger partial charge in [-0.15, -0.1) is 34.0 Å². The first-order chi connectivity index (χ1) is 29.8. The third-order valence-electron chi connectivity index (χ3n) is 8.58. The van der Waals surface area contributed by atoms with Crippen LogP contribution in [-0.4, -0.2) is 68.8 Å². The molecule has 0 saturated heterocycles. The van der Waals surface area contributed by atoms with Crippen molar-refractivity contribution in [1.29, 1.82) is 0 Å². The Morgan fingerprint density at radius 3 is 1.98 bits per heavy atom. The molecule has 8 aromatic heterocycles. The van der Waals surface area contributed by atoms with Crippen LogP contribution in [0.3, 0.4) is 0 Å². The van der Waals surface area contributed by atoms with E-state index in [0.29, 0.717) is 48.9 Å². The average Bonchev–Trinajstić information content (AvgIpc) is 4.09. The normalized spacial score (nSPS) is 10.8. The smallest absolute Gasteiger partial charge is 0.753 e. The molecule has 0 amide bonds. The Labute approximate surface area is 384 Å². The van der Waals surface area contributed by atoms with Gasteiger partial charge in [-0.05, 0) is 65.7 Å². The quantitative estimate of drug-likeness (QED) is 0.0360. The standard InChI is InChI=1S/C20H9N5O6S2.C19H19F3N3S.CNS.Ru/c26-7-31-8-1-11(9-3-13-15(5-21-9)32-17(24-13)19(27)28)23-12(2-8)10-4-14-16(6-22-10)33-18(25-14)20(29)30;1-2-3-4-5-6-13-8-10-26-18(13)14-7-9-23-15(11-14)16-12-17(25-24-16)19(20,21)22;2-1-3;/h1-7H,(H,27,28)(H,29,30);7-12H,2-6H2,1H3;;/q;2*-1;+2. The summed E-state index contributed by atoms with van der Waals surface area (Å²) in [5.74, 6) is -2.08. The van der Waals surface area contributed by atoms with E-state index < -0.39 is 23.8 Å². The molecule has 15 nitrogen and oxygen atoms in total. The van der Waals surface area contributed by atoms with Crippen molar-refractivity contribution in [2.45, 2.75) is 45.2 Å². The second-order valence-corrected chi connectivity index (χ2v) is 15.9. The van der Waals surface area contributed by atoms with E-state index in [2.05, 4.69) is 70.7 Å². The van der Waals surface area contributed by atoms with Crippen LogP contribution in [0.5, 0.6) is 5.75 Å². The van der Waals surface area contributed by atoms with Crippen molar-refractivity contribution < 1.29 is 62.0 Å². The van der Waals surface area contributed by atoms with Crippen LogP contribution in [0, 0.1) is 0 Å². The molecule has 0 saturated carbocycles. The van der Waals surface area contributed by atoms with Crippen LogP contribution in [0.2, 0.25) is 0 Å². The zero-order valence-corrected chi connectivity index (χ0v) is 37.2. The maximum atomic E-state index is 12.7. The molecule has 0 radical (unpaired) electrons. The number of unbranched alkanes of at least 4 members (excludes halogenated alkanes) is 3. The number of carbonyl (C=O) groups is 3. The summed E-state index contributed by atoms with van der Waals surface area (Å²) in [6.07, 6.45) is 5.88. The zero-order valence-electron chi connectivity index (χ0n) is 32.2. The largest absolute Gasteiger partial charge is 2.00 e. The van der Waals surface area contributed by atoms with Gasteiger partial charge in [-0.2, -0.15) is 18.3 Å². The summed E-state index contributed by atoms with van der Waals surface area (Å²) in [5.41, 5.74) is 4.08. The van der Waals surface area contributed by atoms with Gasteiger partial charge in [0.25, 0.3) is 6.47 Å². The van der Waals surface area contributed by atoms with E-state index >= 15 is 0 Å². The van der Waals surface area contributed by atoms with Crippen molar-refractivity contribution in [2.24, 2.45) is 0 Å². The van der Waals surface area contributed by atoms with E-state index in [0.717, 1.165) is 52.0 Å². The summed E-state index contributed by atoms with van der Waals surface area (Å²) in [6, 6.07) is 12.9. The molecule has 8 rings (SSSR count). The van der Waals surface area contributed by atoms with Gasteiger partial charge in [-0.1, -0.05) is 44.1 Å². The van der Waals surface area contributed by atoms with Crippen LogP contribution in [0.1, 0.15) is 63.5 Å². The van der Waals surface area contributed by atoms with E-state index in [4.69, 9.17) is 20.4 Å². The van der Waals surface area contributed by atoms with Gasteiger partial charge >= 0.3 is 37.6 Å². The fourth-order valence-corrected chi connectivity index (χ4v) is 8.28. The first-order valence-electron chi connectivity index (χ1n) is 18.1. The molecule has 8 aromatic rings. The Morgan fingerprint density at radius 1 is 0.857 bits per heavy atom. The van der Waals surface area contributed by atoms with Gasteiger partial charge < -0.3 is 30.6 Å². The van der Waals surface area contributed by atoms with Crippen LogP contribution < -0.4 is 9.84 Å². The monoisotopic (exact) mass is 1020 g/mol. The molecule has 0 aromatic carbocycles. The predicted molar refractivity (Wildman–Crippen MR) is 231 cm³/mol. The molecule has 322 valence electrons. The average molecular weight is 1020 g/mol. The Bertz CT molecular complexity index is 2820. The molecule has 0 aliphatic carbocycles. The number of thiazole rings is 2. The molecule has 0 aliphatic rings. The first kappa shape index (κ1) is 48.0. The van der Waals surface area contributed by atoms with Crippen molar-refractivity contribution in [3.05, 3.63) is 99.2 Å². The molecule has 23 heteroatoms. The fourth-order valence-electron chi connectivity index (χ4n) is 5.82. The number of hydrogen-bond donors (Lipinski definition) is 2. The number of aromatic carboxylic acids is 2. The molecule has 0 bridgehead atoms. The summed E-state index contributed by atoms with van der Waals surface area (Å²) in [7, 11) is 0. The number of carboxylic acids is 2. The van der Waals surface area contributed by atoms with Gasteiger partial charge in [-0.3, -0.25) is 19.7 Å². The number of rotatable bonds is 13. The summed E-state index contributed by atoms with van der Waals surface area (Å²) in [6.45, 7) is 2.46. The Balaban J connectivity index is 0.000000226. The second kappa shape index (κ2) is 21.8. The number of thiophene rings is 1. The topological polar surface area (TPSA) is 228 Å². The number of carbonyl (C=O) groups excluding carboxylic acids is 1. The Morgan fingerprint density at radius 2 is 1.46 bits per heavy atom. The molecule has 0 atom stereocenters. The van der Waals surface area contributed by atoms with Gasteiger partial charge in [0.2, 0.25) is 10.0 Å². The maximum Gasteiger partial charge on any atom is 2.00 e. The Hall–Kier alpha value is -6.09. The first-order valence-corrected chi connectivity index (χ1v) is 21.0. The van der Waals surface area contributed by atoms with Crippen LogP contribution in [0.25, 0.3) is 70.4 Å². The van der Waals surface area contributed by atoms with Crippen molar-refractivity contribution in [3.8, 4) is 50.4 Å². The van der Waals surface area contributed by atoms with Crippen LogP contribution in [-0.2, 0) is 36.9 Å². The van der Waals surface area contributed by atoms with Gasteiger partial charge in [-0.25, -0.2) is 24.5 Å². The zero-order chi connectivity index (χ0) is 44.4. The number of isothiocyanates is 1. The SMILES string of the molecule is CCCCCCc1ccsc1-c1ccnc(-c2cc(C(F)(F)F)n[n-]2)c1.O=COc1cc(-c2cc3nc(C(=O)O)sc3cn2)nc(-c2cc3nc(C(=O)O)sc3cn2)c1.[N-]=C=S.[Ru+2]. The fraction of sp³-hybridized carbons (Fsp3) is 0.175. The molecule has 8 heterocycles. The number of pyridine rings is 4. The third kappa shape index (κ3) is 12.1. The molecule has 0 unspecified atom stereocenters. The molecule has 0 fully saturated rings. The van der Waals surface area contributed by atoms with Crippen LogP contribution >= 0.6 is 46.2 Å². The molecular weight excluding hydrogens is 989 g/mol. The molecule has 0 aliphatic heterocycles. The van der Waals surface area contributed by atoms with E-state index in [9.17, 15) is 27.6 Å². The number of thiocarbonyl (C=S) groups is 1. The number of halogens is 3. The minimum absolute atomic E-state index is 0. The van der Waals surface area contributed by atoms with Gasteiger partial charge in [0.1, 0.15) is 11.4 Å². The van der Waals surface area contributed by atoms with Gasteiger partial charge in [0, 0.05) is 35.6 Å². The number of aryl methyl sites for hydroxylation is 1. The molecular formula is C40H28F3N9O6RuS4. The third-order valence-corrected chi connectivity index (χ3v) is 11.6. The van der Waals surface area contributed by atoms with Crippen LogP contribution in [0.4, 0.5) is 13.2 Å². The van der Waals surface area contributed by atoms with E-state index in [1.807, 2.05) is 6.07 Å². The minimum atomic E-state index is -4.50. The summed E-state index contributed by atoms with van der Waals surface area (Å²) in [5, 5.41) is 35.6. The minimum Gasteiger partial charge on any atom is -0.753 e. The summed E-state index contributed by atoms with van der Waals surface area (Å²) >= 11 is 7.34. The summed E-state index contributed by atoms with van der Waals surface area (Å²) < 4.78 is 44.4. The molecule has 63 heavy (non-hydrogen) atoms. The van der Waals surface area contributed by atoms with Crippen molar-refractivity contribution in [2.75, 3.05) is 0 Å². The Kier molecular flexibility index (Phi) is 16.6. The summed E-state index contributed by atoms with van der Waals surface area (Å²) in [4.78, 5) is 60.0. The van der Waals surface area contributed by atoms with Gasteiger partial charge in [0.15, 0.2) is 0 Å². The second-order valence-electron chi connectivity index (χ2n) is 12.7. The molecule has 2 N–H and O–H groups in total. The van der Waals surface area contributed by atoms with Crippen molar-refractivity contribution in [1.82, 2.24) is 40.1 Å². The number of nitrogens with zero attached hydrogens (tertiary/aromatic N) is 9. The number of aromatic nitrogens is 8. The van der Waals surface area contributed by atoms with E-state index in [-0.39, 0.29) is 47.4 Å². The maximum absolute atomic E-state index is 12.7. The van der Waals surface area contributed by atoms with E-state index in [1.54, 1.807) is 35.7 Å². The number of fused-ring (bicyclic) bond motifs is 2. The number of alkyl halides is 3. The number of hydrogen-bond acceptors (Lipinski definition) is 15. The number of carboxylic acid groups (broad SMARTS) is 2. The predicted octanol–water partition coefficient (Wildman–Crippen LogP) is 9.98. The van der Waals surface area contributed by atoms with Crippen molar-refractivity contribution >= 4 is 90.2 Å².